The number of carboxylic acid groups (broad SMARTS) is 1. The van der Waals surface area contributed by atoms with Crippen LogP contribution in [0.5, 0.6) is 0 Å². The summed E-state index contributed by atoms with van der Waals surface area (Å²) in [5.74, 6) is -2.53. The average molecular weight is 418 g/mol. The van der Waals surface area contributed by atoms with Crippen LogP contribution in [-0.4, -0.2) is 81.8 Å². The maximum atomic E-state index is 11.2. The van der Waals surface area contributed by atoms with Gasteiger partial charge in [0.1, 0.15) is 0 Å². The summed E-state index contributed by atoms with van der Waals surface area (Å²) in [5.41, 5.74) is 0. The second-order valence-electron chi connectivity index (χ2n) is 6.45. The molecule has 0 aliphatic heterocycles. The summed E-state index contributed by atoms with van der Waals surface area (Å²) in [6.07, 6.45) is 4.26. The third-order valence-corrected chi connectivity index (χ3v) is 3.91. The number of hydrogen-bond acceptors (Lipinski definition) is 9. The summed E-state index contributed by atoms with van der Waals surface area (Å²) in [6, 6.07) is 0. The van der Waals surface area contributed by atoms with E-state index in [-0.39, 0.29) is 19.3 Å². The van der Waals surface area contributed by atoms with Crippen LogP contribution in [0.2, 0.25) is 0 Å². The molecule has 10 heteroatoms. The number of aliphatic carboxylic acids is 1. The van der Waals surface area contributed by atoms with E-state index < -0.39 is 17.7 Å². The SMILES string of the molecule is O=COC(=O)C(=O)CCCNCCCNCCCOCCNCCCCC(=O)O. The van der Waals surface area contributed by atoms with Gasteiger partial charge in [-0.1, -0.05) is 0 Å². The smallest absolute Gasteiger partial charge is 0.382 e. The second kappa shape index (κ2) is 20.8. The molecule has 0 aliphatic carbocycles. The van der Waals surface area contributed by atoms with Gasteiger partial charge in [-0.3, -0.25) is 14.4 Å². The monoisotopic (exact) mass is 417 g/mol. The first-order chi connectivity index (χ1) is 14.1. The molecule has 29 heavy (non-hydrogen) atoms. The van der Waals surface area contributed by atoms with E-state index in [1.807, 2.05) is 0 Å². The number of carbonyl (C=O) groups excluding carboxylic acids is 3. The number of rotatable bonds is 22. The number of ketones is 1. The van der Waals surface area contributed by atoms with Crippen LogP contribution in [0.15, 0.2) is 0 Å². The molecule has 0 aromatic carbocycles. The van der Waals surface area contributed by atoms with E-state index in [1.54, 1.807) is 0 Å². The number of carbonyl (C=O) groups is 4. The lowest BCUT2D eigenvalue weighted by atomic mass is 10.2. The molecule has 0 amide bonds. The summed E-state index contributed by atoms with van der Waals surface area (Å²) in [5, 5.41) is 18.2. The van der Waals surface area contributed by atoms with E-state index in [4.69, 9.17) is 9.84 Å². The molecule has 0 bridgehead atoms. The molecule has 0 fully saturated rings. The lowest BCUT2D eigenvalue weighted by molar-refractivity contribution is -0.158. The number of Topliss-reactive ketones (excluding diaryl/α,β-unsaturated/α-hetero) is 1. The van der Waals surface area contributed by atoms with Gasteiger partial charge in [0, 0.05) is 26.0 Å². The van der Waals surface area contributed by atoms with Gasteiger partial charge in [-0.15, -0.1) is 0 Å². The highest BCUT2D eigenvalue weighted by molar-refractivity contribution is 6.34. The van der Waals surface area contributed by atoms with Crippen molar-refractivity contribution in [3.63, 3.8) is 0 Å². The Kier molecular flexibility index (Phi) is 19.5. The second-order valence-corrected chi connectivity index (χ2v) is 6.45. The molecule has 0 atom stereocenters. The summed E-state index contributed by atoms with van der Waals surface area (Å²) in [6.45, 7) is 6.11. The number of carboxylic acids is 1. The van der Waals surface area contributed by atoms with Crippen LogP contribution < -0.4 is 16.0 Å². The molecule has 0 rings (SSSR count). The fourth-order valence-corrected chi connectivity index (χ4v) is 2.37. The van der Waals surface area contributed by atoms with Crippen LogP contribution in [0, 0.1) is 0 Å². The van der Waals surface area contributed by atoms with Gasteiger partial charge in [0.15, 0.2) is 0 Å². The van der Waals surface area contributed by atoms with Crippen LogP contribution in [0.3, 0.4) is 0 Å². The number of nitrogens with one attached hydrogen (secondary N) is 3. The molecule has 0 unspecified atom stereocenters. The first-order valence-corrected chi connectivity index (χ1v) is 10.2. The maximum Gasteiger partial charge on any atom is 0.382 e. The van der Waals surface area contributed by atoms with E-state index in [0.29, 0.717) is 32.6 Å². The van der Waals surface area contributed by atoms with E-state index >= 15 is 0 Å². The molecule has 0 aliphatic rings. The topological polar surface area (TPSA) is 143 Å². The van der Waals surface area contributed by atoms with Crippen molar-refractivity contribution in [1.29, 1.82) is 0 Å². The van der Waals surface area contributed by atoms with Crippen molar-refractivity contribution in [1.82, 2.24) is 16.0 Å². The van der Waals surface area contributed by atoms with Gasteiger partial charge < -0.3 is 30.5 Å². The van der Waals surface area contributed by atoms with Crippen molar-refractivity contribution in [2.24, 2.45) is 0 Å². The zero-order valence-electron chi connectivity index (χ0n) is 17.1. The molecule has 0 aromatic rings. The summed E-state index contributed by atoms with van der Waals surface area (Å²) >= 11 is 0. The largest absolute Gasteiger partial charge is 0.481 e. The van der Waals surface area contributed by atoms with Crippen molar-refractivity contribution in [3.8, 4) is 0 Å². The Balaban J connectivity index is 3.15. The van der Waals surface area contributed by atoms with Crippen molar-refractivity contribution in [2.75, 3.05) is 52.5 Å². The Bertz CT molecular complexity index is 461. The van der Waals surface area contributed by atoms with Gasteiger partial charge >= 0.3 is 18.4 Å². The molecule has 0 spiro atoms. The Morgan fingerprint density at radius 2 is 1.34 bits per heavy atom. The zero-order valence-corrected chi connectivity index (χ0v) is 17.1. The molecule has 10 nitrogen and oxygen atoms in total. The van der Waals surface area contributed by atoms with Crippen molar-refractivity contribution in [3.05, 3.63) is 0 Å². The van der Waals surface area contributed by atoms with E-state index in [0.717, 1.165) is 52.0 Å². The predicted octanol–water partition coefficient (Wildman–Crippen LogP) is -0.144. The van der Waals surface area contributed by atoms with Crippen molar-refractivity contribution in [2.45, 2.75) is 44.9 Å². The van der Waals surface area contributed by atoms with Crippen LogP contribution in [0.25, 0.3) is 0 Å². The highest BCUT2D eigenvalue weighted by Crippen LogP contribution is 1.93. The van der Waals surface area contributed by atoms with Gasteiger partial charge in [-0.25, -0.2) is 4.79 Å². The first kappa shape index (κ1) is 27.1. The Morgan fingerprint density at radius 1 is 0.724 bits per heavy atom. The number of ether oxygens (including phenoxy) is 2. The Morgan fingerprint density at radius 3 is 2.03 bits per heavy atom. The number of hydrogen-bond donors (Lipinski definition) is 4. The molecule has 0 radical (unpaired) electrons. The number of esters is 1. The van der Waals surface area contributed by atoms with Gasteiger partial charge in [0.25, 0.3) is 0 Å². The quantitative estimate of drug-likeness (QED) is 0.0617. The lowest BCUT2D eigenvalue weighted by Gasteiger charge is -2.08. The molecular weight excluding hydrogens is 382 g/mol. The van der Waals surface area contributed by atoms with Crippen LogP contribution in [-0.2, 0) is 28.7 Å². The fourth-order valence-electron chi connectivity index (χ4n) is 2.37. The van der Waals surface area contributed by atoms with E-state index in [1.165, 1.54) is 0 Å². The minimum absolute atomic E-state index is 0.0372. The van der Waals surface area contributed by atoms with Crippen LogP contribution in [0.4, 0.5) is 0 Å². The first-order valence-electron chi connectivity index (χ1n) is 10.2. The van der Waals surface area contributed by atoms with Crippen LogP contribution >= 0.6 is 0 Å². The highest BCUT2D eigenvalue weighted by atomic mass is 16.6. The van der Waals surface area contributed by atoms with E-state index in [9.17, 15) is 19.2 Å². The third kappa shape index (κ3) is 20.7. The number of unbranched alkanes of at least 4 members (excludes halogenated alkanes) is 1. The lowest BCUT2D eigenvalue weighted by Crippen LogP contribution is -2.25. The minimum atomic E-state index is -1.10. The summed E-state index contributed by atoms with van der Waals surface area (Å²) in [7, 11) is 0. The Labute approximate surface area is 172 Å². The predicted molar refractivity (Wildman–Crippen MR) is 107 cm³/mol. The normalized spacial score (nSPS) is 10.6. The highest BCUT2D eigenvalue weighted by Gasteiger charge is 2.13. The van der Waals surface area contributed by atoms with Gasteiger partial charge in [-0.05, 0) is 64.8 Å². The molecular formula is C19H35N3O7. The summed E-state index contributed by atoms with van der Waals surface area (Å²) < 4.78 is 9.48. The average Bonchev–Trinajstić information content (AvgIpc) is 2.69. The molecule has 0 heterocycles. The summed E-state index contributed by atoms with van der Waals surface area (Å²) in [4.78, 5) is 42.4. The minimum Gasteiger partial charge on any atom is -0.481 e. The molecule has 0 saturated carbocycles. The molecule has 4 N–H and O–H groups in total. The van der Waals surface area contributed by atoms with Crippen molar-refractivity contribution < 1.29 is 33.8 Å². The van der Waals surface area contributed by atoms with Crippen LogP contribution in [0.1, 0.15) is 44.9 Å². The maximum absolute atomic E-state index is 11.2. The zero-order chi connectivity index (χ0) is 21.6. The molecule has 0 aromatic heterocycles. The standard InChI is InChI=1S/C19H35N3O7/c23-16-29-19(27)17(24)6-3-9-20-10-4-11-21-12-5-14-28-15-13-22-8-2-1-7-18(25)26/h16,20-22H,1-15H2,(H,25,26). The Hall–Kier alpha value is -1.88. The molecule has 0 saturated heterocycles. The van der Waals surface area contributed by atoms with Gasteiger partial charge in [0.2, 0.25) is 5.78 Å². The van der Waals surface area contributed by atoms with Gasteiger partial charge in [-0.2, -0.15) is 0 Å². The van der Waals surface area contributed by atoms with Gasteiger partial charge in [0.05, 0.1) is 6.61 Å². The fraction of sp³-hybridized carbons (Fsp3) is 0.789. The van der Waals surface area contributed by atoms with E-state index in [2.05, 4.69) is 20.7 Å². The molecule has 168 valence electrons. The van der Waals surface area contributed by atoms with Crippen molar-refractivity contribution >= 4 is 24.2 Å². The third-order valence-electron chi connectivity index (χ3n) is 3.91.